The molecule has 1 N–H and O–H groups in total. The number of benzene rings is 1. The van der Waals surface area contributed by atoms with Crippen LogP contribution in [0, 0.1) is 0 Å². The highest BCUT2D eigenvalue weighted by molar-refractivity contribution is 7.98. The second kappa shape index (κ2) is 6.88. The lowest BCUT2D eigenvalue weighted by molar-refractivity contribution is 0.530. The van der Waals surface area contributed by atoms with Gasteiger partial charge in [-0.15, -0.1) is 11.8 Å². The van der Waals surface area contributed by atoms with Crippen molar-refractivity contribution in [2.75, 3.05) is 6.54 Å². The molecule has 96 valence electrons. The predicted octanol–water partition coefficient (Wildman–Crippen LogP) is 4.33. The molecule has 0 aliphatic rings. The van der Waals surface area contributed by atoms with Crippen molar-refractivity contribution in [2.45, 2.75) is 24.1 Å². The Morgan fingerprint density at radius 3 is 2.94 bits per heavy atom. The number of halogens is 1. The smallest absolute Gasteiger partial charge is 0.113 e. The van der Waals surface area contributed by atoms with Crippen LogP contribution in [0.2, 0.25) is 5.02 Å². The molecule has 0 atom stereocenters. The highest BCUT2D eigenvalue weighted by atomic mass is 35.5. The lowest BCUT2D eigenvalue weighted by Gasteiger charge is -2.09. The fraction of sp³-hybridized carbons (Fsp3) is 0.286. The lowest BCUT2D eigenvalue weighted by atomic mass is 10.2. The van der Waals surface area contributed by atoms with Crippen LogP contribution >= 0.6 is 23.4 Å². The van der Waals surface area contributed by atoms with E-state index in [4.69, 9.17) is 16.0 Å². The van der Waals surface area contributed by atoms with Gasteiger partial charge in [-0.2, -0.15) is 0 Å². The third-order valence-electron chi connectivity index (χ3n) is 2.54. The predicted molar refractivity (Wildman–Crippen MR) is 77.1 cm³/mol. The Bertz CT molecular complexity index is 485. The number of nitrogens with one attached hydrogen (secondary N) is 1. The minimum absolute atomic E-state index is 0.783. The molecule has 1 aromatic carbocycles. The van der Waals surface area contributed by atoms with Gasteiger partial charge in [-0.05, 0) is 42.4 Å². The van der Waals surface area contributed by atoms with Crippen LogP contribution in [0.3, 0.4) is 0 Å². The van der Waals surface area contributed by atoms with Crippen molar-refractivity contribution in [1.82, 2.24) is 5.32 Å². The molecular formula is C14H16ClNOS. The van der Waals surface area contributed by atoms with Crippen LogP contribution in [-0.2, 0) is 12.3 Å². The van der Waals surface area contributed by atoms with Crippen molar-refractivity contribution in [3.8, 4) is 0 Å². The van der Waals surface area contributed by atoms with E-state index in [1.807, 2.05) is 24.3 Å². The van der Waals surface area contributed by atoms with E-state index in [0.29, 0.717) is 0 Å². The van der Waals surface area contributed by atoms with Crippen molar-refractivity contribution < 1.29 is 4.42 Å². The molecule has 0 fully saturated rings. The first-order valence-corrected chi connectivity index (χ1v) is 7.30. The molecule has 0 unspecified atom stereocenters. The minimum Gasteiger partial charge on any atom is -0.468 e. The Kier molecular flexibility index (Phi) is 5.17. The highest BCUT2D eigenvalue weighted by Crippen LogP contribution is 2.28. The maximum absolute atomic E-state index is 6.04. The van der Waals surface area contributed by atoms with Gasteiger partial charge in [-0.1, -0.05) is 18.5 Å². The summed E-state index contributed by atoms with van der Waals surface area (Å²) in [5.74, 6) is 1.83. The van der Waals surface area contributed by atoms with Crippen molar-refractivity contribution in [2.24, 2.45) is 0 Å². The zero-order valence-corrected chi connectivity index (χ0v) is 11.9. The minimum atomic E-state index is 0.783. The second-order valence-corrected chi connectivity index (χ2v) is 5.35. The van der Waals surface area contributed by atoms with E-state index >= 15 is 0 Å². The van der Waals surface area contributed by atoms with E-state index in [2.05, 4.69) is 18.3 Å². The summed E-state index contributed by atoms with van der Waals surface area (Å²) in [7, 11) is 0. The zero-order chi connectivity index (χ0) is 12.8. The molecule has 4 heteroatoms. The number of rotatable bonds is 6. The second-order valence-electron chi connectivity index (χ2n) is 3.90. The van der Waals surface area contributed by atoms with Crippen LogP contribution in [0.15, 0.2) is 45.9 Å². The van der Waals surface area contributed by atoms with Gasteiger partial charge < -0.3 is 9.73 Å². The van der Waals surface area contributed by atoms with E-state index in [-0.39, 0.29) is 0 Å². The number of thioether (sulfide) groups is 1. The average molecular weight is 282 g/mol. The van der Waals surface area contributed by atoms with Crippen molar-refractivity contribution in [3.63, 3.8) is 0 Å². The first-order valence-electron chi connectivity index (χ1n) is 5.94. The average Bonchev–Trinajstić information content (AvgIpc) is 2.88. The maximum Gasteiger partial charge on any atom is 0.113 e. The van der Waals surface area contributed by atoms with Crippen LogP contribution in [0.25, 0.3) is 0 Å². The van der Waals surface area contributed by atoms with Crippen molar-refractivity contribution >= 4 is 23.4 Å². The number of hydrogen-bond donors (Lipinski definition) is 1. The maximum atomic E-state index is 6.04. The third-order valence-corrected chi connectivity index (χ3v) is 3.91. The van der Waals surface area contributed by atoms with Crippen molar-refractivity contribution in [1.29, 1.82) is 0 Å². The van der Waals surface area contributed by atoms with Crippen LogP contribution in [0.1, 0.15) is 18.2 Å². The molecule has 0 aliphatic carbocycles. The van der Waals surface area contributed by atoms with Crippen LogP contribution < -0.4 is 5.32 Å². The first kappa shape index (κ1) is 13.5. The van der Waals surface area contributed by atoms with Crippen LogP contribution in [0.4, 0.5) is 0 Å². The summed E-state index contributed by atoms with van der Waals surface area (Å²) in [5.41, 5.74) is 1.24. The number of hydrogen-bond acceptors (Lipinski definition) is 3. The quantitative estimate of drug-likeness (QED) is 0.798. The normalized spacial score (nSPS) is 10.8. The van der Waals surface area contributed by atoms with E-state index < -0.39 is 0 Å². The summed E-state index contributed by atoms with van der Waals surface area (Å²) in [5, 5.41) is 4.11. The van der Waals surface area contributed by atoms with Crippen LogP contribution in [0.5, 0.6) is 0 Å². The molecule has 0 amide bonds. The van der Waals surface area contributed by atoms with Gasteiger partial charge in [0.2, 0.25) is 0 Å². The molecule has 0 radical (unpaired) electrons. The summed E-state index contributed by atoms with van der Waals surface area (Å²) < 4.78 is 5.34. The monoisotopic (exact) mass is 281 g/mol. The van der Waals surface area contributed by atoms with Gasteiger partial charge in [0.1, 0.15) is 5.76 Å². The fourth-order valence-electron chi connectivity index (χ4n) is 1.63. The molecule has 0 bridgehead atoms. The summed E-state index contributed by atoms with van der Waals surface area (Å²) >= 11 is 7.81. The molecule has 0 saturated carbocycles. The van der Waals surface area contributed by atoms with Crippen molar-refractivity contribution in [3.05, 3.63) is 52.9 Å². The summed E-state index contributed by atoms with van der Waals surface area (Å²) in [6.45, 7) is 3.90. The topological polar surface area (TPSA) is 25.2 Å². The summed E-state index contributed by atoms with van der Waals surface area (Å²) in [4.78, 5) is 1.25. The molecule has 18 heavy (non-hydrogen) atoms. The van der Waals surface area contributed by atoms with E-state index in [1.54, 1.807) is 18.0 Å². The SMILES string of the molecule is CCNCc1cc(Cl)ccc1SCc1ccco1. The Hall–Kier alpha value is -0.900. The van der Waals surface area contributed by atoms with Gasteiger partial charge in [0.25, 0.3) is 0 Å². The van der Waals surface area contributed by atoms with Gasteiger partial charge in [-0.25, -0.2) is 0 Å². The molecule has 0 aliphatic heterocycles. The Balaban J connectivity index is 2.05. The van der Waals surface area contributed by atoms with Gasteiger partial charge >= 0.3 is 0 Å². The van der Waals surface area contributed by atoms with E-state index in [0.717, 1.165) is 29.6 Å². The summed E-state index contributed by atoms with van der Waals surface area (Å²) in [6.07, 6.45) is 1.71. The molecule has 2 nitrogen and oxygen atoms in total. The van der Waals surface area contributed by atoms with E-state index in [1.165, 1.54) is 10.5 Å². The molecule has 2 aromatic rings. The van der Waals surface area contributed by atoms with Crippen LogP contribution in [-0.4, -0.2) is 6.54 Å². The van der Waals surface area contributed by atoms with E-state index in [9.17, 15) is 0 Å². The standard InChI is InChI=1S/C14H16ClNOS/c1-2-16-9-11-8-12(15)5-6-14(11)18-10-13-4-3-7-17-13/h3-8,16H,2,9-10H2,1H3. The van der Waals surface area contributed by atoms with Gasteiger partial charge in [-0.3, -0.25) is 0 Å². The largest absolute Gasteiger partial charge is 0.468 e. The van der Waals surface area contributed by atoms with Gasteiger partial charge in [0.05, 0.1) is 12.0 Å². The molecule has 0 saturated heterocycles. The lowest BCUT2D eigenvalue weighted by Crippen LogP contribution is -2.12. The summed E-state index contributed by atoms with van der Waals surface area (Å²) in [6, 6.07) is 9.93. The molecule has 1 aromatic heterocycles. The molecule has 2 rings (SSSR count). The highest BCUT2D eigenvalue weighted by Gasteiger charge is 2.05. The van der Waals surface area contributed by atoms with Gasteiger partial charge in [0, 0.05) is 16.5 Å². The fourth-order valence-corrected chi connectivity index (χ4v) is 2.77. The third kappa shape index (κ3) is 3.80. The first-order chi connectivity index (χ1) is 8.79. The molecular weight excluding hydrogens is 266 g/mol. The Labute approximate surface area is 117 Å². The Morgan fingerprint density at radius 2 is 2.22 bits per heavy atom. The molecule has 0 spiro atoms. The zero-order valence-electron chi connectivity index (χ0n) is 10.3. The Morgan fingerprint density at radius 1 is 1.33 bits per heavy atom. The molecule has 1 heterocycles. The van der Waals surface area contributed by atoms with Gasteiger partial charge in [0.15, 0.2) is 0 Å². The number of furan rings is 1.